The van der Waals surface area contributed by atoms with Gasteiger partial charge in [-0.25, -0.2) is 4.98 Å². The first-order valence-corrected chi connectivity index (χ1v) is 5.56. The van der Waals surface area contributed by atoms with Gasteiger partial charge < -0.3 is 9.88 Å². The number of hydrogen-bond donors (Lipinski definition) is 1. The smallest absolute Gasteiger partial charge is 0.251 e. The molecule has 0 atom stereocenters. The van der Waals surface area contributed by atoms with Crippen molar-refractivity contribution in [1.82, 2.24) is 14.9 Å². The number of rotatable bonds is 3. The summed E-state index contributed by atoms with van der Waals surface area (Å²) in [4.78, 5) is 15.7. The summed E-state index contributed by atoms with van der Waals surface area (Å²) >= 11 is 0. The summed E-state index contributed by atoms with van der Waals surface area (Å²) in [6, 6.07) is 7.57. The third-order valence-corrected chi connectivity index (χ3v) is 2.35. The lowest BCUT2D eigenvalue weighted by Crippen LogP contribution is -2.29. The topological polar surface area (TPSA) is 46.9 Å². The van der Waals surface area contributed by atoms with Crippen LogP contribution in [0.4, 0.5) is 0 Å². The van der Waals surface area contributed by atoms with Crippen LogP contribution in [0.2, 0.25) is 0 Å². The molecule has 88 valence electrons. The molecule has 0 bridgehead atoms. The maximum absolute atomic E-state index is 11.7. The van der Waals surface area contributed by atoms with Gasteiger partial charge in [-0.2, -0.15) is 0 Å². The van der Waals surface area contributed by atoms with Gasteiger partial charge in [0, 0.05) is 29.7 Å². The van der Waals surface area contributed by atoms with Crippen molar-refractivity contribution < 1.29 is 4.79 Å². The average molecular weight is 229 g/mol. The summed E-state index contributed by atoms with van der Waals surface area (Å²) in [7, 11) is 0. The van der Waals surface area contributed by atoms with Crippen LogP contribution in [0, 0.1) is 0 Å². The maximum atomic E-state index is 11.7. The van der Waals surface area contributed by atoms with Gasteiger partial charge in [0.25, 0.3) is 5.91 Å². The van der Waals surface area contributed by atoms with Crippen molar-refractivity contribution in [3.8, 4) is 5.69 Å². The number of carbonyl (C=O) groups excluding carboxylic acids is 1. The van der Waals surface area contributed by atoms with E-state index < -0.39 is 0 Å². The molecular formula is C13H15N3O. The Labute approximate surface area is 100 Å². The number of carbonyl (C=O) groups is 1. The van der Waals surface area contributed by atoms with Crippen LogP contribution in [-0.4, -0.2) is 21.5 Å². The zero-order chi connectivity index (χ0) is 12.3. The van der Waals surface area contributed by atoms with E-state index in [1.165, 1.54) is 0 Å². The number of benzene rings is 1. The van der Waals surface area contributed by atoms with Crippen LogP contribution in [0.1, 0.15) is 24.2 Å². The summed E-state index contributed by atoms with van der Waals surface area (Å²) < 4.78 is 1.89. The molecule has 2 rings (SSSR count). The second-order valence-corrected chi connectivity index (χ2v) is 4.14. The second-order valence-electron chi connectivity index (χ2n) is 4.14. The lowest BCUT2D eigenvalue weighted by molar-refractivity contribution is 0.0943. The van der Waals surface area contributed by atoms with E-state index in [1.807, 2.05) is 48.9 Å². The Morgan fingerprint density at radius 2 is 2.00 bits per heavy atom. The lowest BCUT2D eigenvalue weighted by atomic mass is 10.2. The average Bonchev–Trinajstić information content (AvgIpc) is 2.82. The van der Waals surface area contributed by atoms with Gasteiger partial charge in [0.15, 0.2) is 0 Å². The largest absolute Gasteiger partial charge is 0.350 e. The molecule has 2 aromatic rings. The van der Waals surface area contributed by atoms with Crippen LogP contribution >= 0.6 is 0 Å². The van der Waals surface area contributed by atoms with Crippen LogP contribution in [0.5, 0.6) is 0 Å². The molecule has 1 heterocycles. The highest BCUT2D eigenvalue weighted by atomic mass is 16.1. The predicted molar refractivity (Wildman–Crippen MR) is 66.2 cm³/mol. The highest BCUT2D eigenvalue weighted by Crippen LogP contribution is 2.09. The van der Waals surface area contributed by atoms with E-state index in [0.717, 1.165) is 5.69 Å². The van der Waals surface area contributed by atoms with E-state index in [4.69, 9.17) is 0 Å². The molecule has 0 saturated heterocycles. The Kier molecular flexibility index (Phi) is 3.23. The summed E-state index contributed by atoms with van der Waals surface area (Å²) in [5.74, 6) is -0.0443. The minimum Gasteiger partial charge on any atom is -0.350 e. The van der Waals surface area contributed by atoms with E-state index in [9.17, 15) is 4.79 Å². The number of imidazole rings is 1. The fourth-order valence-electron chi connectivity index (χ4n) is 1.54. The van der Waals surface area contributed by atoms with Crippen molar-refractivity contribution in [2.75, 3.05) is 0 Å². The molecule has 1 amide bonds. The highest BCUT2D eigenvalue weighted by molar-refractivity contribution is 5.94. The molecule has 0 aliphatic rings. The van der Waals surface area contributed by atoms with E-state index in [2.05, 4.69) is 10.3 Å². The van der Waals surface area contributed by atoms with Gasteiger partial charge in [-0.3, -0.25) is 4.79 Å². The molecule has 0 aliphatic carbocycles. The van der Waals surface area contributed by atoms with Gasteiger partial charge in [0.1, 0.15) is 0 Å². The van der Waals surface area contributed by atoms with Crippen molar-refractivity contribution in [2.24, 2.45) is 0 Å². The molecule has 0 spiro atoms. The molecule has 0 fully saturated rings. The molecule has 0 unspecified atom stereocenters. The van der Waals surface area contributed by atoms with Crippen molar-refractivity contribution >= 4 is 5.91 Å². The SMILES string of the molecule is CC(C)NC(=O)c1ccc(-n2ccnc2)cc1. The minimum atomic E-state index is -0.0443. The summed E-state index contributed by atoms with van der Waals surface area (Å²) in [6.07, 6.45) is 5.31. The minimum absolute atomic E-state index is 0.0443. The normalized spacial score (nSPS) is 10.5. The summed E-state index contributed by atoms with van der Waals surface area (Å²) in [5, 5.41) is 2.86. The van der Waals surface area contributed by atoms with Gasteiger partial charge in [-0.05, 0) is 38.1 Å². The van der Waals surface area contributed by atoms with Crippen LogP contribution in [0.15, 0.2) is 43.0 Å². The van der Waals surface area contributed by atoms with E-state index in [1.54, 1.807) is 12.5 Å². The summed E-state index contributed by atoms with van der Waals surface area (Å²) in [5.41, 5.74) is 1.66. The fourth-order valence-corrected chi connectivity index (χ4v) is 1.54. The van der Waals surface area contributed by atoms with Crippen LogP contribution in [-0.2, 0) is 0 Å². The molecule has 0 aliphatic heterocycles. The molecule has 0 saturated carbocycles. The quantitative estimate of drug-likeness (QED) is 0.875. The molecular weight excluding hydrogens is 214 g/mol. The van der Waals surface area contributed by atoms with Gasteiger partial charge in [-0.1, -0.05) is 0 Å². The molecule has 4 heteroatoms. The zero-order valence-corrected chi connectivity index (χ0v) is 9.92. The first kappa shape index (κ1) is 11.4. The Morgan fingerprint density at radius 3 is 2.53 bits per heavy atom. The van der Waals surface area contributed by atoms with Gasteiger partial charge in [0.2, 0.25) is 0 Å². The van der Waals surface area contributed by atoms with E-state index in [-0.39, 0.29) is 11.9 Å². The van der Waals surface area contributed by atoms with Gasteiger partial charge in [0.05, 0.1) is 6.33 Å². The zero-order valence-electron chi connectivity index (χ0n) is 9.92. The summed E-state index contributed by atoms with van der Waals surface area (Å²) in [6.45, 7) is 3.88. The van der Waals surface area contributed by atoms with Crippen molar-refractivity contribution in [1.29, 1.82) is 0 Å². The monoisotopic (exact) mass is 229 g/mol. The molecule has 1 aromatic heterocycles. The second kappa shape index (κ2) is 4.82. The third-order valence-electron chi connectivity index (χ3n) is 2.35. The van der Waals surface area contributed by atoms with Crippen LogP contribution in [0.25, 0.3) is 5.69 Å². The number of nitrogens with one attached hydrogen (secondary N) is 1. The standard InChI is InChI=1S/C13H15N3O/c1-10(2)15-13(17)11-3-5-12(6-4-11)16-8-7-14-9-16/h3-10H,1-2H3,(H,15,17). The van der Waals surface area contributed by atoms with Gasteiger partial charge >= 0.3 is 0 Å². The Balaban J connectivity index is 2.16. The van der Waals surface area contributed by atoms with Crippen LogP contribution < -0.4 is 5.32 Å². The highest BCUT2D eigenvalue weighted by Gasteiger charge is 2.06. The lowest BCUT2D eigenvalue weighted by Gasteiger charge is -2.09. The third kappa shape index (κ3) is 2.72. The predicted octanol–water partition coefficient (Wildman–Crippen LogP) is 2.01. The molecule has 4 nitrogen and oxygen atoms in total. The first-order valence-electron chi connectivity index (χ1n) is 5.56. The van der Waals surface area contributed by atoms with Crippen molar-refractivity contribution in [3.63, 3.8) is 0 Å². The van der Waals surface area contributed by atoms with Crippen molar-refractivity contribution in [2.45, 2.75) is 19.9 Å². The number of aromatic nitrogens is 2. The molecule has 1 aromatic carbocycles. The number of nitrogens with zero attached hydrogens (tertiary/aromatic N) is 2. The van der Waals surface area contributed by atoms with Gasteiger partial charge in [-0.15, -0.1) is 0 Å². The van der Waals surface area contributed by atoms with E-state index in [0.29, 0.717) is 5.56 Å². The number of amides is 1. The molecule has 0 radical (unpaired) electrons. The maximum Gasteiger partial charge on any atom is 0.251 e. The Hall–Kier alpha value is -2.10. The molecule has 1 N–H and O–H groups in total. The Morgan fingerprint density at radius 1 is 1.29 bits per heavy atom. The fraction of sp³-hybridized carbons (Fsp3) is 0.231. The Bertz CT molecular complexity index is 486. The molecule has 17 heavy (non-hydrogen) atoms. The van der Waals surface area contributed by atoms with E-state index >= 15 is 0 Å². The van der Waals surface area contributed by atoms with Crippen LogP contribution in [0.3, 0.4) is 0 Å². The number of hydrogen-bond acceptors (Lipinski definition) is 2. The first-order chi connectivity index (χ1) is 8.16. The van der Waals surface area contributed by atoms with Crippen molar-refractivity contribution in [3.05, 3.63) is 48.5 Å².